The van der Waals surface area contributed by atoms with Gasteiger partial charge in [-0.1, -0.05) is 11.6 Å². The number of carbonyl (C=O) groups is 2. The maximum Gasteiger partial charge on any atom is 0.320 e. The van der Waals surface area contributed by atoms with Gasteiger partial charge in [-0.2, -0.15) is 4.72 Å². The van der Waals surface area contributed by atoms with Crippen LogP contribution in [0.1, 0.15) is 0 Å². The van der Waals surface area contributed by atoms with Gasteiger partial charge in [-0.25, -0.2) is 8.42 Å². The summed E-state index contributed by atoms with van der Waals surface area (Å²) in [5.41, 5.74) is 4.91. The van der Waals surface area contributed by atoms with E-state index in [2.05, 4.69) is 4.74 Å². The molecule has 0 spiro atoms. The van der Waals surface area contributed by atoms with E-state index in [0.717, 1.165) is 13.2 Å². The summed E-state index contributed by atoms with van der Waals surface area (Å²) in [4.78, 5) is 21.3. The standard InChI is InChI=1S/C11H13ClN2O6S/c1-19-11(16)5-14-21(17,18)7-2-3-9(8(12)4-7)20-6-10(13)15/h2-4,14H,5-6H2,1H3,(H2,13,15). The molecule has 1 aromatic rings. The number of amides is 1. The van der Waals surface area contributed by atoms with E-state index in [-0.39, 0.29) is 22.3 Å². The Balaban J connectivity index is 2.86. The second-order valence-electron chi connectivity index (χ2n) is 3.75. The maximum absolute atomic E-state index is 11.9. The number of halogens is 1. The highest BCUT2D eigenvalue weighted by Gasteiger charge is 2.17. The zero-order valence-corrected chi connectivity index (χ0v) is 12.5. The van der Waals surface area contributed by atoms with Gasteiger partial charge in [0.25, 0.3) is 5.91 Å². The second kappa shape index (κ2) is 7.25. The number of carbonyl (C=O) groups excluding carboxylic acids is 2. The Morgan fingerprint density at radius 2 is 2.05 bits per heavy atom. The summed E-state index contributed by atoms with van der Waals surface area (Å²) >= 11 is 5.85. The number of benzene rings is 1. The Morgan fingerprint density at radius 3 is 2.57 bits per heavy atom. The van der Waals surface area contributed by atoms with Crippen LogP contribution in [-0.4, -0.2) is 40.6 Å². The molecule has 0 fully saturated rings. The highest BCUT2D eigenvalue weighted by Crippen LogP contribution is 2.27. The molecule has 3 N–H and O–H groups in total. The summed E-state index contributed by atoms with van der Waals surface area (Å²) < 4.78 is 35.1. The zero-order valence-electron chi connectivity index (χ0n) is 11.0. The number of rotatable bonds is 7. The van der Waals surface area contributed by atoms with Gasteiger partial charge in [0.2, 0.25) is 10.0 Å². The van der Waals surface area contributed by atoms with Crippen molar-refractivity contribution in [1.29, 1.82) is 0 Å². The number of hydrogen-bond acceptors (Lipinski definition) is 6. The molecule has 0 aliphatic heterocycles. The average molecular weight is 337 g/mol. The second-order valence-corrected chi connectivity index (χ2v) is 5.92. The molecule has 116 valence electrons. The fourth-order valence-electron chi connectivity index (χ4n) is 1.22. The zero-order chi connectivity index (χ0) is 16.0. The van der Waals surface area contributed by atoms with E-state index in [1.165, 1.54) is 12.1 Å². The van der Waals surface area contributed by atoms with Crippen molar-refractivity contribution in [3.63, 3.8) is 0 Å². The van der Waals surface area contributed by atoms with E-state index in [0.29, 0.717) is 0 Å². The molecule has 1 amide bonds. The third kappa shape index (κ3) is 5.21. The highest BCUT2D eigenvalue weighted by atomic mass is 35.5. The van der Waals surface area contributed by atoms with Crippen LogP contribution in [0, 0.1) is 0 Å². The number of nitrogens with one attached hydrogen (secondary N) is 1. The van der Waals surface area contributed by atoms with Crippen LogP contribution in [0.4, 0.5) is 0 Å². The molecule has 0 aromatic heterocycles. The molecule has 0 atom stereocenters. The van der Waals surface area contributed by atoms with E-state index < -0.39 is 28.4 Å². The smallest absolute Gasteiger partial charge is 0.320 e. The van der Waals surface area contributed by atoms with Crippen LogP contribution in [0.15, 0.2) is 23.1 Å². The van der Waals surface area contributed by atoms with Gasteiger partial charge >= 0.3 is 5.97 Å². The van der Waals surface area contributed by atoms with Gasteiger partial charge in [-0.15, -0.1) is 0 Å². The van der Waals surface area contributed by atoms with Crippen molar-refractivity contribution in [3.05, 3.63) is 23.2 Å². The number of nitrogens with two attached hydrogens (primary N) is 1. The van der Waals surface area contributed by atoms with Crippen molar-refractivity contribution in [3.8, 4) is 5.75 Å². The first kappa shape index (κ1) is 17.2. The Labute approximate surface area is 126 Å². The predicted molar refractivity (Wildman–Crippen MR) is 73.3 cm³/mol. The molecule has 0 radical (unpaired) electrons. The van der Waals surface area contributed by atoms with Crippen molar-refractivity contribution in [2.24, 2.45) is 5.73 Å². The minimum Gasteiger partial charge on any atom is -0.482 e. The summed E-state index contributed by atoms with van der Waals surface area (Å²) in [6.07, 6.45) is 0. The number of primary amides is 1. The Kier molecular flexibility index (Phi) is 5.94. The number of hydrogen-bond donors (Lipinski definition) is 2. The molecule has 0 aliphatic carbocycles. The molecule has 0 aliphatic rings. The van der Waals surface area contributed by atoms with Gasteiger partial charge in [-0.05, 0) is 18.2 Å². The largest absolute Gasteiger partial charge is 0.482 e. The molecular weight excluding hydrogens is 324 g/mol. The van der Waals surface area contributed by atoms with Crippen LogP contribution in [0.5, 0.6) is 5.75 Å². The molecule has 0 heterocycles. The summed E-state index contributed by atoms with van der Waals surface area (Å²) in [5.74, 6) is -1.31. The summed E-state index contributed by atoms with van der Waals surface area (Å²) in [6.45, 7) is -0.886. The van der Waals surface area contributed by atoms with Gasteiger partial charge in [-0.3, -0.25) is 9.59 Å². The fourth-order valence-corrected chi connectivity index (χ4v) is 2.52. The quantitative estimate of drug-likeness (QED) is 0.656. The molecule has 1 aromatic carbocycles. The van der Waals surface area contributed by atoms with Gasteiger partial charge in [0, 0.05) is 0 Å². The topological polar surface area (TPSA) is 125 Å². The van der Waals surface area contributed by atoms with Crippen LogP contribution in [-0.2, 0) is 24.3 Å². The van der Waals surface area contributed by atoms with Gasteiger partial charge in [0.15, 0.2) is 6.61 Å². The van der Waals surface area contributed by atoms with Crippen molar-refractivity contribution < 1.29 is 27.5 Å². The number of sulfonamides is 1. The third-order valence-corrected chi connectivity index (χ3v) is 3.91. The van der Waals surface area contributed by atoms with Gasteiger partial charge in [0.1, 0.15) is 12.3 Å². The van der Waals surface area contributed by atoms with Crippen molar-refractivity contribution in [2.45, 2.75) is 4.90 Å². The SMILES string of the molecule is COC(=O)CNS(=O)(=O)c1ccc(OCC(N)=O)c(Cl)c1. The molecule has 1 rings (SSSR count). The Hall–Kier alpha value is -1.84. The van der Waals surface area contributed by atoms with Crippen molar-refractivity contribution in [2.75, 3.05) is 20.3 Å². The van der Waals surface area contributed by atoms with Gasteiger partial charge < -0.3 is 15.2 Å². The van der Waals surface area contributed by atoms with E-state index in [4.69, 9.17) is 22.1 Å². The Bertz CT molecular complexity index is 646. The minimum atomic E-state index is -3.92. The molecule has 0 saturated heterocycles. The number of ether oxygens (including phenoxy) is 2. The molecule has 0 bridgehead atoms. The molecule has 8 nitrogen and oxygen atoms in total. The van der Waals surface area contributed by atoms with Crippen LogP contribution < -0.4 is 15.2 Å². The van der Waals surface area contributed by atoms with Crippen LogP contribution in [0.25, 0.3) is 0 Å². The molecule has 0 unspecified atom stereocenters. The molecule has 21 heavy (non-hydrogen) atoms. The average Bonchev–Trinajstić information content (AvgIpc) is 2.43. The fraction of sp³-hybridized carbons (Fsp3) is 0.273. The monoisotopic (exact) mass is 336 g/mol. The van der Waals surface area contributed by atoms with Crippen LogP contribution in [0.3, 0.4) is 0 Å². The minimum absolute atomic E-state index is 0.0165. The third-order valence-electron chi connectivity index (χ3n) is 2.22. The lowest BCUT2D eigenvalue weighted by Gasteiger charge is -2.09. The van der Waals surface area contributed by atoms with Gasteiger partial charge in [0.05, 0.1) is 17.0 Å². The first-order chi connectivity index (χ1) is 9.76. The number of methoxy groups -OCH3 is 1. The first-order valence-electron chi connectivity index (χ1n) is 5.53. The first-order valence-corrected chi connectivity index (χ1v) is 7.39. The summed E-state index contributed by atoms with van der Waals surface area (Å²) in [6, 6.07) is 3.61. The van der Waals surface area contributed by atoms with E-state index in [9.17, 15) is 18.0 Å². The molecule has 10 heteroatoms. The normalized spacial score (nSPS) is 11.0. The van der Waals surface area contributed by atoms with E-state index in [1.54, 1.807) is 0 Å². The summed E-state index contributed by atoms with van der Waals surface area (Å²) in [7, 11) is -2.78. The van der Waals surface area contributed by atoms with Crippen molar-refractivity contribution >= 4 is 33.5 Å². The Morgan fingerprint density at radius 1 is 1.38 bits per heavy atom. The van der Waals surface area contributed by atoms with E-state index in [1.807, 2.05) is 4.72 Å². The lowest BCUT2D eigenvalue weighted by Crippen LogP contribution is -2.30. The molecule has 0 saturated carbocycles. The maximum atomic E-state index is 11.9. The lowest BCUT2D eigenvalue weighted by molar-refractivity contribution is -0.139. The lowest BCUT2D eigenvalue weighted by atomic mass is 10.3. The van der Waals surface area contributed by atoms with E-state index >= 15 is 0 Å². The van der Waals surface area contributed by atoms with Crippen molar-refractivity contribution in [1.82, 2.24) is 4.72 Å². The predicted octanol–water partition coefficient (Wildman–Crippen LogP) is -0.345. The summed E-state index contributed by atoms with van der Waals surface area (Å²) in [5, 5.41) is -0.0165. The molecular formula is C11H13ClN2O6S. The highest BCUT2D eigenvalue weighted by molar-refractivity contribution is 7.89. The van der Waals surface area contributed by atoms with Crippen LogP contribution >= 0.6 is 11.6 Å². The number of esters is 1. The van der Waals surface area contributed by atoms with Crippen LogP contribution in [0.2, 0.25) is 5.02 Å².